The van der Waals surface area contributed by atoms with Crippen LogP contribution in [0, 0.1) is 0 Å². The number of ether oxygens (including phenoxy) is 1. The number of hydrogen-bond acceptors (Lipinski definition) is 2. The van der Waals surface area contributed by atoms with Crippen LogP contribution in [0.4, 0.5) is 0 Å². The molecule has 0 spiro atoms. The van der Waals surface area contributed by atoms with E-state index in [4.69, 9.17) is 4.74 Å². The molecule has 0 aliphatic heterocycles. The van der Waals surface area contributed by atoms with E-state index in [1.165, 1.54) is 11.1 Å². The second kappa shape index (κ2) is 2.59. The van der Waals surface area contributed by atoms with Crippen molar-refractivity contribution >= 4 is 5.78 Å². The van der Waals surface area contributed by atoms with Crippen molar-refractivity contribution in [2.75, 3.05) is 7.11 Å². The second-order valence-corrected chi connectivity index (χ2v) is 4.15. The molecule has 1 saturated carbocycles. The number of hydrogen-bond donors (Lipinski definition) is 0. The van der Waals surface area contributed by atoms with Crippen LogP contribution < -0.4 is 4.74 Å². The molecule has 2 atom stereocenters. The van der Waals surface area contributed by atoms with E-state index < -0.39 is 0 Å². The Morgan fingerprint density at radius 3 is 3.00 bits per heavy atom. The lowest BCUT2D eigenvalue weighted by molar-refractivity contribution is -0.118. The topological polar surface area (TPSA) is 26.3 Å². The van der Waals surface area contributed by atoms with Gasteiger partial charge in [0.25, 0.3) is 0 Å². The molecular weight excluding hydrogens is 176 g/mol. The third-order valence-corrected chi connectivity index (χ3v) is 3.47. The summed E-state index contributed by atoms with van der Waals surface area (Å²) in [6, 6.07) is 6.09. The molecular formula is C12H12O2. The first-order chi connectivity index (χ1) is 6.79. The Bertz CT molecular complexity index is 409. The Hall–Kier alpha value is -1.31. The fraction of sp³-hybridized carbons (Fsp3) is 0.417. The first kappa shape index (κ1) is 8.04. The predicted octanol–water partition coefficient (Wildman–Crippen LogP) is 2.24. The zero-order valence-corrected chi connectivity index (χ0v) is 8.12. The average Bonchev–Trinajstić information content (AvgIpc) is 2.74. The quantitative estimate of drug-likeness (QED) is 0.675. The predicted molar refractivity (Wildman–Crippen MR) is 52.7 cm³/mol. The molecule has 2 heteroatoms. The van der Waals surface area contributed by atoms with Crippen LogP contribution in [0.15, 0.2) is 18.2 Å². The smallest absolute Gasteiger partial charge is 0.140 e. The van der Waals surface area contributed by atoms with Crippen LogP contribution in [0.3, 0.4) is 0 Å². The SMILES string of the molecule is COc1ccc2c(c1)[C@H]1CC(=O)[C@H]2C1. The molecule has 0 radical (unpaired) electrons. The lowest BCUT2D eigenvalue weighted by Gasteiger charge is -2.14. The van der Waals surface area contributed by atoms with Gasteiger partial charge in [0, 0.05) is 12.3 Å². The van der Waals surface area contributed by atoms with Gasteiger partial charge in [0.15, 0.2) is 0 Å². The molecule has 3 rings (SSSR count). The van der Waals surface area contributed by atoms with Crippen LogP contribution in [0.1, 0.15) is 35.8 Å². The van der Waals surface area contributed by atoms with Gasteiger partial charge in [-0.05, 0) is 35.6 Å². The van der Waals surface area contributed by atoms with Gasteiger partial charge < -0.3 is 4.74 Å². The molecule has 1 fully saturated rings. The fourth-order valence-electron chi connectivity index (χ4n) is 2.77. The second-order valence-electron chi connectivity index (χ2n) is 4.15. The summed E-state index contributed by atoms with van der Waals surface area (Å²) >= 11 is 0. The summed E-state index contributed by atoms with van der Waals surface area (Å²) in [4.78, 5) is 11.5. The van der Waals surface area contributed by atoms with E-state index in [0.29, 0.717) is 11.7 Å². The highest BCUT2D eigenvalue weighted by Crippen LogP contribution is 2.51. The average molecular weight is 188 g/mol. The first-order valence-corrected chi connectivity index (χ1v) is 5.00. The molecule has 2 nitrogen and oxygen atoms in total. The number of benzene rings is 1. The maximum Gasteiger partial charge on any atom is 0.140 e. The van der Waals surface area contributed by atoms with E-state index in [1.807, 2.05) is 6.07 Å². The first-order valence-electron chi connectivity index (χ1n) is 5.00. The molecule has 2 bridgehead atoms. The largest absolute Gasteiger partial charge is 0.497 e. The minimum Gasteiger partial charge on any atom is -0.497 e. The van der Waals surface area contributed by atoms with Gasteiger partial charge in [-0.2, -0.15) is 0 Å². The summed E-state index contributed by atoms with van der Waals surface area (Å²) in [6.07, 6.45) is 1.77. The van der Waals surface area contributed by atoms with E-state index in [2.05, 4.69) is 12.1 Å². The van der Waals surface area contributed by atoms with Crippen molar-refractivity contribution in [3.63, 3.8) is 0 Å². The fourth-order valence-corrected chi connectivity index (χ4v) is 2.77. The van der Waals surface area contributed by atoms with Gasteiger partial charge in [-0.25, -0.2) is 0 Å². The van der Waals surface area contributed by atoms with Gasteiger partial charge in [-0.1, -0.05) is 6.07 Å². The minimum absolute atomic E-state index is 0.195. The Morgan fingerprint density at radius 2 is 2.21 bits per heavy atom. The van der Waals surface area contributed by atoms with E-state index in [-0.39, 0.29) is 5.92 Å². The molecule has 72 valence electrons. The molecule has 0 saturated heterocycles. The molecule has 0 amide bonds. The number of carbonyl (C=O) groups is 1. The van der Waals surface area contributed by atoms with E-state index in [1.54, 1.807) is 7.11 Å². The van der Waals surface area contributed by atoms with Gasteiger partial charge in [-0.3, -0.25) is 4.79 Å². The van der Waals surface area contributed by atoms with Crippen molar-refractivity contribution in [2.45, 2.75) is 24.7 Å². The summed E-state index contributed by atoms with van der Waals surface area (Å²) in [5.41, 5.74) is 2.58. The van der Waals surface area contributed by atoms with E-state index in [0.717, 1.165) is 18.6 Å². The van der Waals surface area contributed by atoms with Crippen molar-refractivity contribution in [3.05, 3.63) is 29.3 Å². The number of ketones is 1. The van der Waals surface area contributed by atoms with Crippen molar-refractivity contribution in [1.82, 2.24) is 0 Å². The molecule has 14 heavy (non-hydrogen) atoms. The lowest BCUT2D eigenvalue weighted by Crippen LogP contribution is -2.08. The van der Waals surface area contributed by atoms with Crippen LogP contribution in [-0.4, -0.2) is 12.9 Å². The Labute approximate surface area is 82.9 Å². The lowest BCUT2D eigenvalue weighted by atomic mass is 9.91. The molecule has 1 aromatic carbocycles. The van der Waals surface area contributed by atoms with Crippen molar-refractivity contribution in [1.29, 1.82) is 0 Å². The highest BCUT2D eigenvalue weighted by atomic mass is 16.5. The summed E-state index contributed by atoms with van der Waals surface area (Å²) in [6.45, 7) is 0. The van der Waals surface area contributed by atoms with Crippen LogP contribution in [0.25, 0.3) is 0 Å². The monoisotopic (exact) mass is 188 g/mol. The Morgan fingerprint density at radius 1 is 1.36 bits per heavy atom. The third kappa shape index (κ3) is 0.884. The molecule has 0 N–H and O–H groups in total. The minimum atomic E-state index is 0.195. The van der Waals surface area contributed by atoms with Crippen molar-refractivity contribution in [3.8, 4) is 5.75 Å². The van der Waals surface area contributed by atoms with Gasteiger partial charge in [0.05, 0.1) is 7.11 Å². The van der Waals surface area contributed by atoms with Crippen molar-refractivity contribution in [2.24, 2.45) is 0 Å². The number of rotatable bonds is 1. The number of Topliss-reactive ketones (excluding diaryl/α,β-unsaturated/α-hetero) is 1. The Kier molecular flexibility index (Phi) is 1.49. The van der Waals surface area contributed by atoms with Crippen LogP contribution in [-0.2, 0) is 4.79 Å². The molecule has 2 aliphatic rings. The van der Waals surface area contributed by atoms with Crippen LogP contribution in [0.5, 0.6) is 5.75 Å². The van der Waals surface area contributed by atoms with Crippen LogP contribution in [0.2, 0.25) is 0 Å². The molecule has 1 aromatic rings. The van der Waals surface area contributed by atoms with E-state index in [9.17, 15) is 4.79 Å². The zero-order valence-electron chi connectivity index (χ0n) is 8.12. The van der Waals surface area contributed by atoms with Gasteiger partial charge >= 0.3 is 0 Å². The third-order valence-electron chi connectivity index (χ3n) is 3.47. The summed E-state index contributed by atoms with van der Waals surface area (Å²) < 4.78 is 5.19. The maximum absolute atomic E-state index is 11.5. The van der Waals surface area contributed by atoms with Crippen LogP contribution >= 0.6 is 0 Å². The molecule has 0 unspecified atom stereocenters. The number of carbonyl (C=O) groups excluding carboxylic acids is 1. The summed E-state index contributed by atoms with van der Waals surface area (Å²) in [5, 5.41) is 0. The number of fused-ring (bicyclic) bond motifs is 5. The summed E-state index contributed by atoms with van der Waals surface area (Å²) in [7, 11) is 1.68. The zero-order chi connectivity index (χ0) is 9.71. The molecule has 2 aliphatic carbocycles. The maximum atomic E-state index is 11.5. The highest BCUT2D eigenvalue weighted by molar-refractivity contribution is 5.92. The molecule has 0 heterocycles. The van der Waals surface area contributed by atoms with Crippen molar-refractivity contribution < 1.29 is 9.53 Å². The molecule has 0 aromatic heterocycles. The Balaban J connectivity index is 2.13. The standard InChI is InChI=1S/C12H12O2/c1-14-8-2-3-9-10(6-8)7-4-11(9)12(13)5-7/h2-3,6-7,11H,4-5H2,1H3/t7-,11+/m1/s1. The summed E-state index contributed by atoms with van der Waals surface area (Å²) in [5.74, 6) is 2.00. The van der Waals surface area contributed by atoms with E-state index >= 15 is 0 Å². The normalized spacial score (nSPS) is 27.9. The number of methoxy groups -OCH3 is 1. The highest BCUT2D eigenvalue weighted by Gasteiger charge is 2.42. The van der Waals surface area contributed by atoms with Gasteiger partial charge in [0.1, 0.15) is 11.5 Å². The van der Waals surface area contributed by atoms with Gasteiger partial charge in [0.2, 0.25) is 0 Å². The van der Waals surface area contributed by atoms with Gasteiger partial charge in [-0.15, -0.1) is 0 Å².